The van der Waals surface area contributed by atoms with Gasteiger partial charge >= 0.3 is 5.97 Å². The summed E-state index contributed by atoms with van der Waals surface area (Å²) in [6, 6.07) is 9.10. The van der Waals surface area contributed by atoms with Gasteiger partial charge < -0.3 is 15.4 Å². The molecule has 0 aliphatic carbocycles. The lowest BCUT2D eigenvalue weighted by Gasteiger charge is -2.24. The van der Waals surface area contributed by atoms with E-state index in [0.717, 1.165) is 18.5 Å². The normalized spacial score (nSPS) is 13.3. The van der Waals surface area contributed by atoms with Gasteiger partial charge in [-0.15, -0.1) is 0 Å². The Balaban J connectivity index is 2.78. The van der Waals surface area contributed by atoms with Gasteiger partial charge in [-0.25, -0.2) is 0 Å². The quantitative estimate of drug-likeness (QED) is 0.565. The standard InChI is InChI=1S/C16H24N2O3/c1-12(16(20)21-3)15(13-8-5-4-6-9-13)18-14(19)10-7-11-17-2/h4-6,8-9,12,15,17H,7,10-11H2,1-3H3,(H,18,19). The van der Waals surface area contributed by atoms with E-state index < -0.39 is 5.92 Å². The molecule has 0 bridgehead atoms. The summed E-state index contributed by atoms with van der Waals surface area (Å²) in [5.41, 5.74) is 0.900. The lowest BCUT2D eigenvalue weighted by Crippen LogP contribution is -2.36. The third-order valence-corrected chi connectivity index (χ3v) is 3.38. The molecule has 0 spiro atoms. The van der Waals surface area contributed by atoms with Gasteiger partial charge in [-0.05, 0) is 32.5 Å². The second-order valence-electron chi connectivity index (χ2n) is 4.97. The minimum atomic E-state index is -0.439. The van der Waals surface area contributed by atoms with Crippen molar-refractivity contribution in [3.05, 3.63) is 35.9 Å². The third-order valence-electron chi connectivity index (χ3n) is 3.38. The highest BCUT2D eigenvalue weighted by Gasteiger charge is 2.27. The summed E-state index contributed by atoms with van der Waals surface area (Å²) in [5, 5.41) is 5.94. The molecule has 0 radical (unpaired) electrons. The predicted molar refractivity (Wildman–Crippen MR) is 81.7 cm³/mol. The van der Waals surface area contributed by atoms with E-state index >= 15 is 0 Å². The van der Waals surface area contributed by atoms with Gasteiger partial charge in [-0.1, -0.05) is 30.3 Å². The number of hydrogen-bond acceptors (Lipinski definition) is 4. The van der Waals surface area contributed by atoms with Crippen molar-refractivity contribution in [2.45, 2.75) is 25.8 Å². The second-order valence-corrected chi connectivity index (χ2v) is 4.97. The van der Waals surface area contributed by atoms with Crippen LogP contribution in [0.15, 0.2) is 30.3 Å². The largest absolute Gasteiger partial charge is 0.469 e. The topological polar surface area (TPSA) is 67.4 Å². The van der Waals surface area contributed by atoms with Crippen LogP contribution in [0.5, 0.6) is 0 Å². The second kappa shape index (κ2) is 9.13. The Labute approximate surface area is 126 Å². The molecule has 2 unspecified atom stereocenters. The zero-order chi connectivity index (χ0) is 15.7. The highest BCUT2D eigenvalue weighted by atomic mass is 16.5. The van der Waals surface area contributed by atoms with Crippen molar-refractivity contribution in [3.63, 3.8) is 0 Å². The number of carbonyl (C=O) groups is 2. The first-order chi connectivity index (χ1) is 10.1. The van der Waals surface area contributed by atoms with E-state index in [2.05, 4.69) is 10.6 Å². The van der Waals surface area contributed by atoms with E-state index in [4.69, 9.17) is 4.74 Å². The van der Waals surface area contributed by atoms with E-state index in [1.807, 2.05) is 37.4 Å². The monoisotopic (exact) mass is 292 g/mol. The van der Waals surface area contributed by atoms with Gasteiger partial charge in [0.25, 0.3) is 0 Å². The van der Waals surface area contributed by atoms with Crippen LogP contribution in [-0.4, -0.2) is 32.6 Å². The number of amides is 1. The van der Waals surface area contributed by atoms with E-state index in [0.29, 0.717) is 6.42 Å². The summed E-state index contributed by atoms with van der Waals surface area (Å²) in [7, 11) is 3.21. The van der Waals surface area contributed by atoms with Crippen LogP contribution < -0.4 is 10.6 Å². The van der Waals surface area contributed by atoms with Crippen molar-refractivity contribution in [1.82, 2.24) is 10.6 Å². The Hall–Kier alpha value is -1.88. The number of esters is 1. The summed E-state index contributed by atoms with van der Waals surface area (Å²) >= 11 is 0. The van der Waals surface area contributed by atoms with Gasteiger partial charge in [0, 0.05) is 6.42 Å². The van der Waals surface area contributed by atoms with Crippen molar-refractivity contribution in [2.75, 3.05) is 20.7 Å². The van der Waals surface area contributed by atoms with Crippen molar-refractivity contribution in [1.29, 1.82) is 0 Å². The Morgan fingerprint density at radius 2 is 1.90 bits per heavy atom. The fourth-order valence-electron chi connectivity index (χ4n) is 2.15. The first-order valence-corrected chi connectivity index (χ1v) is 7.17. The Morgan fingerprint density at radius 3 is 2.48 bits per heavy atom. The first kappa shape index (κ1) is 17.2. The fourth-order valence-corrected chi connectivity index (χ4v) is 2.15. The maximum Gasteiger partial charge on any atom is 0.310 e. The number of hydrogen-bond donors (Lipinski definition) is 2. The number of carbonyl (C=O) groups excluding carboxylic acids is 2. The van der Waals surface area contributed by atoms with Gasteiger partial charge in [0.05, 0.1) is 19.1 Å². The molecule has 0 saturated carbocycles. The third kappa shape index (κ3) is 5.55. The maximum atomic E-state index is 12.0. The molecule has 2 N–H and O–H groups in total. The average molecular weight is 292 g/mol. The molecule has 0 aliphatic rings. The van der Waals surface area contributed by atoms with E-state index in [1.165, 1.54) is 7.11 Å². The van der Waals surface area contributed by atoms with Gasteiger partial charge in [-0.3, -0.25) is 9.59 Å². The van der Waals surface area contributed by atoms with Crippen LogP contribution in [-0.2, 0) is 14.3 Å². The van der Waals surface area contributed by atoms with E-state index in [9.17, 15) is 9.59 Å². The Bertz CT molecular complexity index is 448. The van der Waals surface area contributed by atoms with Crippen molar-refractivity contribution >= 4 is 11.9 Å². The van der Waals surface area contributed by atoms with Crippen molar-refractivity contribution < 1.29 is 14.3 Å². The number of ether oxygens (including phenoxy) is 1. The molecule has 2 atom stereocenters. The summed E-state index contributed by atoms with van der Waals surface area (Å²) < 4.78 is 4.79. The SMILES string of the molecule is CNCCCC(=O)NC(c1ccccc1)C(C)C(=O)OC. The lowest BCUT2D eigenvalue weighted by molar-refractivity contribution is -0.146. The average Bonchev–Trinajstić information content (AvgIpc) is 2.52. The minimum Gasteiger partial charge on any atom is -0.469 e. The summed E-state index contributed by atoms with van der Waals surface area (Å²) in [6.07, 6.45) is 1.19. The van der Waals surface area contributed by atoms with Crippen LogP contribution in [0.25, 0.3) is 0 Å². The molecule has 0 heterocycles. The Kier molecular flexibility index (Phi) is 7.46. The summed E-state index contributed by atoms with van der Waals surface area (Å²) in [4.78, 5) is 23.8. The summed E-state index contributed by atoms with van der Waals surface area (Å²) in [6.45, 7) is 2.55. The van der Waals surface area contributed by atoms with Crippen molar-refractivity contribution in [2.24, 2.45) is 5.92 Å². The molecule has 5 nitrogen and oxygen atoms in total. The number of nitrogens with one attached hydrogen (secondary N) is 2. The zero-order valence-corrected chi connectivity index (χ0v) is 12.9. The van der Waals surface area contributed by atoms with Crippen molar-refractivity contribution in [3.8, 4) is 0 Å². The van der Waals surface area contributed by atoms with Crippen LogP contribution in [0.3, 0.4) is 0 Å². The molecule has 1 amide bonds. The highest BCUT2D eigenvalue weighted by Crippen LogP contribution is 2.23. The van der Waals surface area contributed by atoms with Crippen LogP contribution >= 0.6 is 0 Å². The maximum absolute atomic E-state index is 12.0. The molecule has 116 valence electrons. The van der Waals surface area contributed by atoms with Gasteiger partial charge in [0.1, 0.15) is 0 Å². The van der Waals surface area contributed by atoms with Gasteiger partial charge in [-0.2, -0.15) is 0 Å². The number of methoxy groups -OCH3 is 1. The van der Waals surface area contributed by atoms with Crippen LogP contribution in [0.4, 0.5) is 0 Å². The predicted octanol–water partition coefficient (Wildman–Crippen LogP) is 1.65. The molecule has 0 aliphatic heterocycles. The smallest absolute Gasteiger partial charge is 0.310 e. The number of rotatable bonds is 8. The fraction of sp³-hybridized carbons (Fsp3) is 0.500. The van der Waals surface area contributed by atoms with E-state index in [-0.39, 0.29) is 17.9 Å². The molecule has 1 aromatic carbocycles. The molecule has 1 rings (SSSR count). The molecule has 21 heavy (non-hydrogen) atoms. The first-order valence-electron chi connectivity index (χ1n) is 7.17. The minimum absolute atomic E-state index is 0.0603. The molecule has 0 saturated heterocycles. The zero-order valence-electron chi connectivity index (χ0n) is 12.9. The van der Waals surface area contributed by atoms with Crippen LogP contribution in [0.2, 0.25) is 0 Å². The molecule has 1 aromatic rings. The van der Waals surface area contributed by atoms with Crippen LogP contribution in [0, 0.1) is 5.92 Å². The Morgan fingerprint density at radius 1 is 1.24 bits per heavy atom. The molecule has 5 heteroatoms. The van der Waals surface area contributed by atoms with Gasteiger partial charge in [0.2, 0.25) is 5.91 Å². The van der Waals surface area contributed by atoms with E-state index in [1.54, 1.807) is 6.92 Å². The molecule has 0 fully saturated rings. The lowest BCUT2D eigenvalue weighted by atomic mass is 9.94. The highest BCUT2D eigenvalue weighted by molar-refractivity contribution is 5.79. The summed E-state index contributed by atoms with van der Waals surface area (Å²) in [5.74, 6) is -0.833. The molecular formula is C16H24N2O3. The molecule has 0 aromatic heterocycles. The number of benzene rings is 1. The molecular weight excluding hydrogens is 268 g/mol. The van der Waals surface area contributed by atoms with Gasteiger partial charge in [0.15, 0.2) is 0 Å². The van der Waals surface area contributed by atoms with Crippen LogP contribution in [0.1, 0.15) is 31.4 Å².